The summed E-state index contributed by atoms with van der Waals surface area (Å²) in [4.78, 5) is 35.3. The maximum Gasteiger partial charge on any atom is 0.338 e. The van der Waals surface area contributed by atoms with E-state index >= 15 is 0 Å². The molecule has 0 aliphatic carbocycles. The molecular weight excluding hydrogens is 382 g/mol. The summed E-state index contributed by atoms with van der Waals surface area (Å²) in [7, 11) is 0. The van der Waals surface area contributed by atoms with Crippen molar-refractivity contribution in [3.63, 3.8) is 0 Å². The zero-order valence-electron chi connectivity index (χ0n) is 16.5. The van der Waals surface area contributed by atoms with Crippen molar-refractivity contribution >= 4 is 23.4 Å². The minimum atomic E-state index is -0.567. The lowest BCUT2D eigenvalue weighted by Gasteiger charge is -2.08. The lowest BCUT2D eigenvalue weighted by Crippen LogP contribution is -2.14. The first-order chi connectivity index (χ1) is 14.5. The van der Waals surface area contributed by atoms with Crippen LogP contribution in [0.1, 0.15) is 33.2 Å². The molecule has 6 heteroatoms. The van der Waals surface area contributed by atoms with Crippen LogP contribution in [0.15, 0.2) is 78.9 Å². The number of anilines is 1. The van der Waals surface area contributed by atoms with E-state index in [1.54, 1.807) is 12.1 Å². The number of para-hydroxylation sites is 1. The molecule has 0 fully saturated rings. The third-order valence-electron chi connectivity index (χ3n) is 4.23. The molecule has 152 valence electrons. The molecule has 3 aromatic carbocycles. The maximum atomic E-state index is 12.2. The van der Waals surface area contributed by atoms with E-state index in [4.69, 9.17) is 9.47 Å². The van der Waals surface area contributed by atoms with Crippen LogP contribution in [0.5, 0.6) is 5.75 Å². The van der Waals surface area contributed by atoms with Crippen LogP contribution in [0.4, 0.5) is 5.69 Å². The normalized spacial score (nSPS) is 10.2. The Kier molecular flexibility index (Phi) is 6.95. The standard InChI is InChI=1S/C24H21NO5/c1-17(26)30-22-13-11-19(12-14-22)23(27)16-29-24(28)20-9-7-18(8-10-20)15-25-21-5-3-2-4-6-21/h2-14,25H,15-16H2,1H3. The zero-order chi connectivity index (χ0) is 21.3. The molecule has 0 heterocycles. The van der Waals surface area contributed by atoms with E-state index in [1.165, 1.54) is 31.2 Å². The van der Waals surface area contributed by atoms with Gasteiger partial charge in [-0.3, -0.25) is 9.59 Å². The predicted molar refractivity (Wildman–Crippen MR) is 113 cm³/mol. The third-order valence-corrected chi connectivity index (χ3v) is 4.23. The number of hydrogen-bond donors (Lipinski definition) is 1. The Bertz CT molecular complexity index is 1010. The van der Waals surface area contributed by atoms with Crippen molar-refractivity contribution in [1.29, 1.82) is 0 Å². The molecule has 0 aromatic heterocycles. The lowest BCUT2D eigenvalue weighted by atomic mass is 10.1. The Hall–Kier alpha value is -3.93. The van der Waals surface area contributed by atoms with E-state index < -0.39 is 11.9 Å². The van der Waals surface area contributed by atoms with Crippen molar-refractivity contribution in [2.75, 3.05) is 11.9 Å². The molecule has 3 aromatic rings. The summed E-state index contributed by atoms with van der Waals surface area (Å²) in [5.74, 6) is -1.01. The van der Waals surface area contributed by atoms with Gasteiger partial charge in [0.15, 0.2) is 12.4 Å². The molecule has 0 aliphatic heterocycles. The second-order valence-corrected chi connectivity index (χ2v) is 6.53. The molecule has 30 heavy (non-hydrogen) atoms. The van der Waals surface area contributed by atoms with Gasteiger partial charge in [0.1, 0.15) is 5.75 Å². The van der Waals surface area contributed by atoms with Crippen LogP contribution in [-0.4, -0.2) is 24.3 Å². The van der Waals surface area contributed by atoms with Crippen molar-refractivity contribution in [1.82, 2.24) is 0 Å². The first-order valence-corrected chi connectivity index (χ1v) is 9.38. The Balaban J connectivity index is 1.49. The number of Topliss-reactive ketones (excluding diaryl/α,β-unsaturated/α-hetero) is 1. The van der Waals surface area contributed by atoms with Gasteiger partial charge >= 0.3 is 11.9 Å². The average molecular weight is 403 g/mol. The molecule has 6 nitrogen and oxygen atoms in total. The fourth-order valence-corrected chi connectivity index (χ4v) is 2.69. The van der Waals surface area contributed by atoms with Crippen molar-refractivity contribution in [2.45, 2.75) is 13.5 Å². The maximum absolute atomic E-state index is 12.2. The lowest BCUT2D eigenvalue weighted by molar-refractivity contribution is -0.131. The largest absolute Gasteiger partial charge is 0.454 e. The van der Waals surface area contributed by atoms with E-state index in [9.17, 15) is 14.4 Å². The third kappa shape index (κ3) is 6.04. The number of rotatable bonds is 8. The van der Waals surface area contributed by atoms with Crippen molar-refractivity contribution in [3.8, 4) is 5.75 Å². The van der Waals surface area contributed by atoms with Crippen LogP contribution >= 0.6 is 0 Å². The molecule has 0 bridgehead atoms. The first kappa shape index (κ1) is 20.8. The number of ether oxygens (including phenoxy) is 2. The second kappa shape index (κ2) is 10.0. The van der Waals surface area contributed by atoms with Gasteiger partial charge in [-0.1, -0.05) is 30.3 Å². The second-order valence-electron chi connectivity index (χ2n) is 6.53. The summed E-state index contributed by atoms with van der Waals surface area (Å²) < 4.78 is 10.0. The first-order valence-electron chi connectivity index (χ1n) is 9.38. The minimum Gasteiger partial charge on any atom is -0.454 e. The van der Waals surface area contributed by atoms with Crippen LogP contribution in [-0.2, 0) is 16.1 Å². The van der Waals surface area contributed by atoms with E-state index in [0.29, 0.717) is 23.4 Å². The van der Waals surface area contributed by atoms with E-state index in [1.807, 2.05) is 42.5 Å². The molecule has 0 radical (unpaired) electrons. The van der Waals surface area contributed by atoms with E-state index in [0.717, 1.165) is 11.3 Å². The minimum absolute atomic E-state index is 0.345. The quantitative estimate of drug-likeness (QED) is 0.344. The van der Waals surface area contributed by atoms with Crippen molar-refractivity contribution < 1.29 is 23.9 Å². The fourth-order valence-electron chi connectivity index (χ4n) is 2.69. The summed E-state index contributed by atoms with van der Waals surface area (Å²) in [5.41, 5.74) is 2.76. The highest BCUT2D eigenvalue weighted by Gasteiger charge is 2.12. The average Bonchev–Trinajstić information content (AvgIpc) is 2.77. The molecule has 3 rings (SSSR count). The predicted octanol–water partition coefficient (Wildman–Crippen LogP) is 4.26. The number of esters is 2. The molecule has 0 saturated heterocycles. The van der Waals surface area contributed by atoms with E-state index in [-0.39, 0.29) is 12.4 Å². The van der Waals surface area contributed by atoms with Crippen LogP contribution in [0, 0.1) is 0 Å². The van der Waals surface area contributed by atoms with Crippen molar-refractivity contribution in [3.05, 3.63) is 95.6 Å². The molecule has 0 aliphatic rings. The van der Waals surface area contributed by atoms with Gasteiger partial charge in [-0.25, -0.2) is 4.79 Å². The monoisotopic (exact) mass is 403 g/mol. The Morgan fingerprint density at radius 1 is 0.800 bits per heavy atom. The van der Waals surface area contributed by atoms with Gasteiger partial charge in [-0.2, -0.15) is 0 Å². The summed E-state index contributed by atoms with van der Waals surface area (Å²) in [5, 5.41) is 3.29. The Labute approximate surface area is 174 Å². The molecule has 0 unspecified atom stereocenters. The van der Waals surface area contributed by atoms with Crippen molar-refractivity contribution in [2.24, 2.45) is 0 Å². The van der Waals surface area contributed by atoms with Gasteiger partial charge in [0.25, 0.3) is 0 Å². The summed E-state index contributed by atoms with van der Waals surface area (Å²) in [6.07, 6.45) is 0. The summed E-state index contributed by atoms with van der Waals surface area (Å²) >= 11 is 0. The van der Waals surface area contributed by atoms with Gasteiger partial charge in [0.05, 0.1) is 5.56 Å². The SMILES string of the molecule is CC(=O)Oc1ccc(C(=O)COC(=O)c2ccc(CNc3ccccc3)cc2)cc1. The number of hydrogen-bond acceptors (Lipinski definition) is 6. The Morgan fingerprint density at radius 2 is 1.43 bits per heavy atom. The highest BCUT2D eigenvalue weighted by atomic mass is 16.5. The molecule has 1 N–H and O–H groups in total. The Morgan fingerprint density at radius 3 is 2.07 bits per heavy atom. The highest BCUT2D eigenvalue weighted by molar-refractivity contribution is 5.99. The van der Waals surface area contributed by atoms with Gasteiger partial charge in [0, 0.05) is 24.7 Å². The summed E-state index contributed by atoms with van der Waals surface area (Å²) in [6, 6.07) is 22.9. The molecule has 0 atom stereocenters. The van der Waals surface area contributed by atoms with Gasteiger partial charge in [-0.05, 0) is 54.1 Å². The molecular formula is C24H21NO5. The smallest absolute Gasteiger partial charge is 0.338 e. The topological polar surface area (TPSA) is 81.7 Å². The number of carbonyl (C=O) groups excluding carboxylic acids is 3. The number of ketones is 1. The fraction of sp³-hybridized carbons (Fsp3) is 0.125. The molecule has 0 spiro atoms. The number of nitrogens with one attached hydrogen (secondary N) is 1. The van der Waals surface area contributed by atoms with Crippen LogP contribution in [0.3, 0.4) is 0 Å². The van der Waals surface area contributed by atoms with Gasteiger partial charge in [-0.15, -0.1) is 0 Å². The van der Waals surface area contributed by atoms with Gasteiger partial charge in [0.2, 0.25) is 0 Å². The highest BCUT2D eigenvalue weighted by Crippen LogP contribution is 2.14. The van der Waals surface area contributed by atoms with E-state index in [2.05, 4.69) is 5.32 Å². The number of benzene rings is 3. The van der Waals surface area contributed by atoms with Crippen LogP contribution in [0.25, 0.3) is 0 Å². The van der Waals surface area contributed by atoms with Crippen LogP contribution < -0.4 is 10.1 Å². The zero-order valence-corrected chi connectivity index (χ0v) is 16.5. The molecule has 0 amide bonds. The van der Waals surface area contributed by atoms with Gasteiger partial charge < -0.3 is 14.8 Å². The summed E-state index contributed by atoms with van der Waals surface area (Å²) in [6.45, 7) is 1.55. The molecule has 0 saturated carbocycles. The van der Waals surface area contributed by atoms with Crippen LogP contribution in [0.2, 0.25) is 0 Å². The number of carbonyl (C=O) groups is 3.